The molecule has 3 aromatic rings. The van der Waals surface area contributed by atoms with E-state index in [1.807, 2.05) is 0 Å². The average Bonchev–Trinajstić information content (AvgIpc) is 3.23. The highest BCUT2D eigenvalue weighted by Gasteiger charge is 2.44. The average molecular weight is 536 g/mol. The fourth-order valence-electron chi connectivity index (χ4n) is 4.44. The fraction of sp³-hybridized carbons (Fsp3) is 0.250. The molecule has 0 saturated carbocycles. The Balaban J connectivity index is 1.86. The molecule has 0 bridgehead atoms. The number of nitrogens with zero attached hydrogens (tertiary/aromatic N) is 3. The predicted molar refractivity (Wildman–Crippen MR) is 133 cm³/mol. The lowest BCUT2D eigenvalue weighted by molar-refractivity contribution is -0.125. The molecule has 1 aromatic heterocycles. The number of anilines is 1. The van der Waals surface area contributed by atoms with Crippen LogP contribution < -0.4 is 16.6 Å². The number of primary amides is 1. The smallest absolute Gasteiger partial charge is 0.261 e. The van der Waals surface area contributed by atoms with Crippen molar-refractivity contribution in [2.75, 3.05) is 18.4 Å². The summed E-state index contributed by atoms with van der Waals surface area (Å²) >= 11 is 12.6. The maximum Gasteiger partial charge on any atom is 0.261 e. The first-order chi connectivity index (χ1) is 17.1. The Morgan fingerprint density at radius 3 is 2.69 bits per heavy atom. The number of fused-ring (bicyclic) bond motifs is 1. The molecule has 188 valence electrons. The van der Waals surface area contributed by atoms with Gasteiger partial charge < -0.3 is 16.0 Å². The first kappa shape index (κ1) is 25.6. The highest BCUT2D eigenvalue weighted by atomic mass is 35.5. The molecule has 1 saturated heterocycles. The number of amides is 2. The van der Waals surface area contributed by atoms with Gasteiger partial charge in [-0.25, -0.2) is 13.8 Å². The fourth-order valence-corrected chi connectivity index (χ4v) is 4.93. The highest BCUT2D eigenvalue weighted by molar-refractivity contribution is 6.42. The summed E-state index contributed by atoms with van der Waals surface area (Å²) < 4.78 is 31.2. The molecular formula is C24H21Cl2F2N5O3. The van der Waals surface area contributed by atoms with Crippen molar-refractivity contribution in [2.45, 2.75) is 25.4 Å². The number of hydrogen-bond acceptors (Lipinski definition) is 5. The van der Waals surface area contributed by atoms with Crippen molar-refractivity contribution in [3.63, 3.8) is 0 Å². The van der Waals surface area contributed by atoms with E-state index in [2.05, 4.69) is 10.3 Å². The molecule has 12 heteroatoms. The van der Waals surface area contributed by atoms with Crippen LogP contribution in [0.2, 0.25) is 10.0 Å². The van der Waals surface area contributed by atoms with Crippen LogP contribution in [-0.2, 0) is 21.7 Å². The van der Waals surface area contributed by atoms with E-state index in [0.29, 0.717) is 0 Å². The van der Waals surface area contributed by atoms with Crippen LogP contribution in [0.4, 0.5) is 14.5 Å². The third-order valence-electron chi connectivity index (χ3n) is 6.00. The minimum absolute atomic E-state index is 0.00818. The molecule has 2 amide bonds. The zero-order valence-corrected chi connectivity index (χ0v) is 20.5. The van der Waals surface area contributed by atoms with Crippen molar-refractivity contribution in [1.82, 2.24) is 14.5 Å². The quantitative estimate of drug-likeness (QED) is 0.370. The summed E-state index contributed by atoms with van der Waals surface area (Å²) in [6, 6.07) is 4.94. The molecule has 1 atom stereocenters. The van der Waals surface area contributed by atoms with Gasteiger partial charge in [0.25, 0.3) is 5.56 Å². The van der Waals surface area contributed by atoms with Crippen LogP contribution in [0.3, 0.4) is 0 Å². The van der Waals surface area contributed by atoms with Crippen molar-refractivity contribution in [3.05, 3.63) is 80.3 Å². The molecular weight excluding hydrogens is 515 g/mol. The Hall–Kier alpha value is -3.50. The molecule has 0 radical (unpaired) electrons. The van der Waals surface area contributed by atoms with Crippen LogP contribution >= 0.6 is 23.2 Å². The van der Waals surface area contributed by atoms with Gasteiger partial charge in [-0.1, -0.05) is 29.3 Å². The summed E-state index contributed by atoms with van der Waals surface area (Å²) in [6.07, 6.45) is 4.22. The number of rotatable bonds is 6. The maximum atomic E-state index is 15.2. The summed E-state index contributed by atoms with van der Waals surface area (Å²) in [5.41, 5.74) is 3.13. The molecule has 3 N–H and O–H groups in total. The van der Waals surface area contributed by atoms with Crippen molar-refractivity contribution >= 4 is 51.6 Å². The molecule has 2 aromatic carbocycles. The summed E-state index contributed by atoms with van der Waals surface area (Å²) in [7, 11) is 0. The Morgan fingerprint density at radius 1 is 1.25 bits per heavy atom. The van der Waals surface area contributed by atoms with Gasteiger partial charge in [-0.05, 0) is 43.7 Å². The van der Waals surface area contributed by atoms with Crippen LogP contribution in [0.15, 0.2) is 47.5 Å². The summed E-state index contributed by atoms with van der Waals surface area (Å²) in [4.78, 5) is 42.2. The zero-order valence-electron chi connectivity index (χ0n) is 19.0. The van der Waals surface area contributed by atoms with Crippen LogP contribution in [0.1, 0.15) is 18.9 Å². The van der Waals surface area contributed by atoms with Crippen LogP contribution in [0, 0.1) is 11.6 Å². The number of carbonyl (C=O) groups is 2. The largest absolute Gasteiger partial charge is 0.373 e. The van der Waals surface area contributed by atoms with Crippen molar-refractivity contribution in [1.29, 1.82) is 0 Å². The van der Waals surface area contributed by atoms with Gasteiger partial charge in [0.1, 0.15) is 17.9 Å². The molecule has 0 unspecified atom stereocenters. The van der Waals surface area contributed by atoms with E-state index < -0.39 is 35.2 Å². The Bertz CT molecular complexity index is 1480. The molecule has 8 nitrogen and oxygen atoms in total. The van der Waals surface area contributed by atoms with E-state index in [4.69, 9.17) is 28.9 Å². The lowest BCUT2D eigenvalue weighted by atomic mass is 9.87. The van der Waals surface area contributed by atoms with Gasteiger partial charge in [0.15, 0.2) is 5.82 Å². The topological polar surface area (TPSA) is 110 Å². The van der Waals surface area contributed by atoms with Gasteiger partial charge in [-0.3, -0.25) is 19.0 Å². The third kappa shape index (κ3) is 4.66. The van der Waals surface area contributed by atoms with Gasteiger partial charge in [-0.2, -0.15) is 0 Å². The molecule has 0 spiro atoms. The van der Waals surface area contributed by atoms with Crippen LogP contribution in [0.5, 0.6) is 0 Å². The Kier molecular flexibility index (Phi) is 7.01. The number of nitrogens with two attached hydrogens (primary N) is 1. The van der Waals surface area contributed by atoms with E-state index in [9.17, 15) is 14.4 Å². The highest BCUT2D eigenvalue weighted by Crippen LogP contribution is 2.43. The molecule has 2 heterocycles. The maximum absolute atomic E-state index is 15.2. The number of nitrogens with one attached hydrogen (secondary N) is 1. The van der Waals surface area contributed by atoms with Gasteiger partial charge in [0.05, 0.1) is 27.3 Å². The normalized spacial score (nSPS) is 17.8. The minimum atomic E-state index is -1.29. The predicted octanol–water partition coefficient (Wildman–Crippen LogP) is 3.58. The van der Waals surface area contributed by atoms with Crippen molar-refractivity contribution in [3.8, 4) is 0 Å². The minimum Gasteiger partial charge on any atom is -0.373 e. The molecule has 0 aliphatic carbocycles. The lowest BCUT2D eigenvalue weighted by Gasteiger charge is -2.33. The second kappa shape index (κ2) is 9.87. The van der Waals surface area contributed by atoms with Crippen LogP contribution in [0.25, 0.3) is 10.9 Å². The number of hydrogen-bond donors (Lipinski definition) is 2. The molecule has 1 fully saturated rings. The molecule has 1 aliphatic heterocycles. The second-order valence-corrected chi connectivity index (χ2v) is 9.22. The molecule has 4 rings (SSSR count). The standard InChI is InChI=1S/C24H21Cl2F2N5O3/c1-2-3-19(35)32-7-6-24(11-32,20-16(27)5-4-15(25)21(20)26)31-13-8-14-22(17(28)9-13)30-12-33(23(14)36)10-18(29)34/h2-5,8-9,12,31H,6-7,10-11H2,1H3,(H2,29,34)/b3-2+/t24-/m1/s1. The first-order valence-electron chi connectivity index (χ1n) is 10.9. The number of benzene rings is 2. The van der Waals surface area contributed by atoms with Crippen molar-refractivity contribution in [2.24, 2.45) is 5.73 Å². The molecule has 36 heavy (non-hydrogen) atoms. The summed E-state index contributed by atoms with van der Waals surface area (Å²) in [5, 5.41) is 3.06. The number of likely N-dealkylation sites (tertiary alicyclic amines) is 1. The second-order valence-electron chi connectivity index (χ2n) is 8.43. The van der Waals surface area contributed by atoms with Gasteiger partial charge in [-0.15, -0.1) is 0 Å². The summed E-state index contributed by atoms with van der Waals surface area (Å²) in [6.45, 7) is 1.51. The zero-order chi connectivity index (χ0) is 26.2. The van der Waals surface area contributed by atoms with E-state index in [1.165, 1.54) is 23.1 Å². The van der Waals surface area contributed by atoms with Gasteiger partial charge in [0, 0.05) is 24.3 Å². The third-order valence-corrected chi connectivity index (χ3v) is 6.81. The van der Waals surface area contributed by atoms with E-state index >= 15 is 8.78 Å². The number of halogens is 4. The van der Waals surface area contributed by atoms with Crippen molar-refractivity contribution < 1.29 is 18.4 Å². The Morgan fingerprint density at radius 2 is 2.00 bits per heavy atom. The van der Waals surface area contributed by atoms with E-state index in [1.54, 1.807) is 13.0 Å². The Labute approximate surface area is 214 Å². The van der Waals surface area contributed by atoms with Crippen LogP contribution in [-0.4, -0.2) is 39.4 Å². The summed E-state index contributed by atoms with van der Waals surface area (Å²) in [5.74, 6) is -2.53. The number of carbonyl (C=O) groups excluding carboxylic acids is 2. The lowest BCUT2D eigenvalue weighted by Crippen LogP contribution is -2.41. The van der Waals surface area contributed by atoms with E-state index in [0.717, 1.165) is 23.0 Å². The number of allylic oxidation sites excluding steroid dienone is 1. The monoisotopic (exact) mass is 535 g/mol. The van der Waals surface area contributed by atoms with Gasteiger partial charge >= 0.3 is 0 Å². The number of aromatic nitrogens is 2. The van der Waals surface area contributed by atoms with Gasteiger partial charge in [0.2, 0.25) is 11.8 Å². The SMILES string of the molecule is C/C=C/C(=O)N1CC[C@](Nc2cc(F)c3ncn(CC(N)=O)c(=O)c3c2)(c2c(F)ccc(Cl)c2Cl)C1. The first-order valence-corrected chi connectivity index (χ1v) is 11.6. The van der Waals surface area contributed by atoms with E-state index in [-0.39, 0.29) is 57.6 Å². The molecule has 1 aliphatic rings.